The Bertz CT molecular complexity index is 995. The number of amides is 3. The molecule has 2 heterocycles. The molecule has 0 bridgehead atoms. The van der Waals surface area contributed by atoms with Crippen LogP contribution in [0.5, 0.6) is 0 Å². The lowest BCUT2D eigenvalue weighted by Gasteiger charge is -2.19. The fourth-order valence-corrected chi connectivity index (χ4v) is 3.55. The van der Waals surface area contributed by atoms with E-state index in [4.69, 9.17) is 4.74 Å². The van der Waals surface area contributed by atoms with Crippen LogP contribution in [0.4, 0.5) is 4.79 Å². The molecule has 1 saturated heterocycles. The van der Waals surface area contributed by atoms with E-state index in [9.17, 15) is 19.2 Å². The number of fused-ring (bicyclic) bond motifs is 1. The zero-order valence-corrected chi connectivity index (χ0v) is 14.4. The van der Waals surface area contributed by atoms with Crippen LogP contribution in [-0.4, -0.2) is 49.9 Å². The molecule has 1 spiro atoms. The number of rotatable bonds is 4. The fourth-order valence-electron chi connectivity index (χ4n) is 3.55. The molecule has 140 valence electrons. The van der Waals surface area contributed by atoms with Crippen molar-refractivity contribution < 1.29 is 19.1 Å². The Morgan fingerprint density at radius 1 is 1.19 bits per heavy atom. The van der Waals surface area contributed by atoms with Crippen LogP contribution >= 0.6 is 0 Å². The van der Waals surface area contributed by atoms with Crippen molar-refractivity contribution >= 4 is 28.8 Å². The zero-order chi connectivity index (χ0) is 19.0. The first-order chi connectivity index (χ1) is 13.0. The van der Waals surface area contributed by atoms with Gasteiger partial charge >= 0.3 is 12.0 Å². The second-order valence-corrected chi connectivity index (χ2v) is 6.67. The van der Waals surface area contributed by atoms with Gasteiger partial charge in [-0.15, -0.1) is 5.10 Å². The Balaban J connectivity index is 1.42. The van der Waals surface area contributed by atoms with Gasteiger partial charge in [0.05, 0.1) is 5.39 Å². The van der Waals surface area contributed by atoms with E-state index in [0.29, 0.717) is 23.7 Å². The van der Waals surface area contributed by atoms with Crippen molar-refractivity contribution in [2.45, 2.75) is 38.0 Å². The molecule has 1 aromatic heterocycles. The first-order valence-electron chi connectivity index (χ1n) is 8.62. The van der Waals surface area contributed by atoms with Crippen molar-refractivity contribution in [3.8, 4) is 0 Å². The summed E-state index contributed by atoms with van der Waals surface area (Å²) in [5.41, 5.74) is -0.891. The number of imide groups is 1. The highest BCUT2D eigenvalue weighted by Crippen LogP contribution is 2.34. The predicted octanol–water partition coefficient (Wildman–Crippen LogP) is 0.157. The molecule has 27 heavy (non-hydrogen) atoms. The normalized spacial score (nSPS) is 18.3. The van der Waals surface area contributed by atoms with Gasteiger partial charge in [0.15, 0.2) is 6.73 Å². The number of aromatic nitrogens is 3. The van der Waals surface area contributed by atoms with Crippen molar-refractivity contribution in [2.75, 3.05) is 6.54 Å². The minimum Gasteiger partial charge on any atom is -0.441 e. The Morgan fingerprint density at radius 2 is 1.93 bits per heavy atom. The van der Waals surface area contributed by atoms with Crippen LogP contribution in [0.25, 0.3) is 10.9 Å². The van der Waals surface area contributed by atoms with Crippen molar-refractivity contribution in [2.24, 2.45) is 0 Å². The number of esters is 1. The number of nitrogens with zero attached hydrogens (tertiary/aromatic N) is 4. The summed E-state index contributed by atoms with van der Waals surface area (Å²) >= 11 is 0. The van der Waals surface area contributed by atoms with Crippen molar-refractivity contribution in [3.63, 3.8) is 0 Å². The van der Waals surface area contributed by atoms with E-state index in [0.717, 1.165) is 22.4 Å². The topological polar surface area (TPSA) is 123 Å². The summed E-state index contributed by atoms with van der Waals surface area (Å²) in [6.07, 6.45) is 2.86. The highest BCUT2D eigenvalue weighted by Gasteiger charge is 2.52. The maximum atomic E-state index is 12.5. The summed E-state index contributed by atoms with van der Waals surface area (Å²) in [5.74, 6) is -1.21. The molecule has 1 aliphatic carbocycles. The van der Waals surface area contributed by atoms with Crippen LogP contribution < -0.4 is 10.9 Å². The number of nitrogens with one attached hydrogen (secondary N) is 1. The van der Waals surface area contributed by atoms with Crippen LogP contribution in [-0.2, 0) is 21.1 Å². The molecular weight excluding hydrogens is 354 g/mol. The smallest absolute Gasteiger partial charge is 0.328 e. The molecule has 0 atom stereocenters. The number of urea groups is 1. The largest absolute Gasteiger partial charge is 0.441 e. The van der Waals surface area contributed by atoms with E-state index in [1.807, 2.05) is 0 Å². The summed E-state index contributed by atoms with van der Waals surface area (Å²) < 4.78 is 5.92. The Hall–Kier alpha value is -3.30. The average molecular weight is 371 g/mol. The maximum absolute atomic E-state index is 12.5. The number of ether oxygens (including phenoxy) is 1. The number of hydrogen-bond acceptors (Lipinski definition) is 7. The van der Waals surface area contributed by atoms with Gasteiger partial charge in [-0.25, -0.2) is 4.79 Å². The molecule has 10 nitrogen and oxygen atoms in total. The molecule has 1 aliphatic heterocycles. The van der Waals surface area contributed by atoms with Gasteiger partial charge in [0.2, 0.25) is 0 Å². The lowest BCUT2D eigenvalue weighted by atomic mass is 9.98. The molecule has 2 aromatic rings. The summed E-state index contributed by atoms with van der Waals surface area (Å²) in [4.78, 5) is 49.8. The van der Waals surface area contributed by atoms with E-state index in [1.165, 1.54) is 0 Å². The molecule has 0 unspecified atom stereocenters. The summed E-state index contributed by atoms with van der Waals surface area (Å²) in [7, 11) is 0. The van der Waals surface area contributed by atoms with Gasteiger partial charge in [-0.2, -0.15) is 4.68 Å². The SMILES string of the molecule is O=C(CN1C(=O)NC2(CCCC2)C1=O)OCn1nnc2ccccc2c1=O. The molecular formula is C17H17N5O5. The first-order valence-corrected chi connectivity index (χ1v) is 8.62. The number of benzene rings is 1. The summed E-state index contributed by atoms with van der Waals surface area (Å²) in [5, 5.41) is 10.6. The Labute approximate surface area is 153 Å². The minimum absolute atomic E-state index is 0.348. The molecule has 0 radical (unpaired) electrons. The Kier molecular flexibility index (Phi) is 4.09. The van der Waals surface area contributed by atoms with Crippen LogP contribution in [0.3, 0.4) is 0 Å². The van der Waals surface area contributed by atoms with Gasteiger partial charge in [-0.3, -0.25) is 19.3 Å². The summed E-state index contributed by atoms with van der Waals surface area (Å²) in [6.45, 7) is -0.966. The quantitative estimate of drug-likeness (QED) is 0.599. The van der Waals surface area contributed by atoms with Crippen molar-refractivity contribution in [3.05, 3.63) is 34.6 Å². The molecule has 1 aromatic carbocycles. The highest BCUT2D eigenvalue weighted by molar-refractivity contribution is 6.08. The van der Waals surface area contributed by atoms with Crippen LogP contribution in [0.1, 0.15) is 25.7 Å². The summed E-state index contributed by atoms with van der Waals surface area (Å²) in [6, 6.07) is 6.07. The molecule has 10 heteroatoms. The first kappa shape index (κ1) is 17.1. The van der Waals surface area contributed by atoms with Crippen molar-refractivity contribution in [1.82, 2.24) is 25.2 Å². The lowest BCUT2D eigenvalue weighted by Crippen LogP contribution is -2.44. The highest BCUT2D eigenvalue weighted by atomic mass is 16.5. The fraction of sp³-hybridized carbons (Fsp3) is 0.412. The number of hydrogen-bond donors (Lipinski definition) is 1. The van der Waals surface area contributed by atoms with Gasteiger partial charge in [0, 0.05) is 0 Å². The van der Waals surface area contributed by atoms with Crippen LogP contribution in [0, 0.1) is 0 Å². The minimum atomic E-state index is -0.877. The van der Waals surface area contributed by atoms with E-state index >= 15 is 0 Å². The molecule has 2 aliphatic rings. The van der Waals surface area contributed by atoms with Gasteiger partial charge in [-0.1, -0.05) is 30.2 Å². The molecule has 1 N–H and O–H groups in total. The van der Waals surface area contributed by atoms with Gasteiger partial charge in [0.25, 0.3) is 11.5 Å². The maximum Gasteiger partial charge on any atom is 0.328 e. The molecule has 3 amide bonds. The predicted molar refractivity (Wildman–Crippen MR) is 91.3 cm³/mol. The third-order valence-corrected chi connectivity index (χ3v) is 4.97. The molecule has 4 rings (SSSR count). The second-order valence-electron chi connectivity index (χ2n) is 6.67. The molecule has 2 fully saturated rings. The van der Waals surface area contributed by atoms with Crippen LogP contribution in [0.15, 0.2) is 29.1 Å². The van der Waals surface area contributed by atoms with Gasteiger partial charge < -0.3 is 10.1 Å². The van der Waals surface area contributed by atoms with E-state index < -0.39 is 42.3 Å². The number of carbonyl (C=O) groups excluding carboxylic acids is 3. The van der Waals surface area contributed by atoms with Gasteiger partial charge in [0.1, 0.15) is 17.6 Å². The van der Waals surface area contributed by atoms with E-state index in [1.54, 1.807) is 24.3 Å². The average Bonchev–Trinajstić information content (AvgIpc) is 3.22. The van der Waals surface area contributed by atoms with Crippen molar-refractivity contribution in [1.29, 1.82) is 0 Å². The van der Waals surface area contributed by atoms with E-state index in [2.05, 4.69) is 15.6 Å². The van der Waals surface area contributed by atoms with Gasteiger partial charge in [-0.05, 0) is 25.0 Å². The zero-order valence-electron chi connectivity index (χ0n) is 14.4. The third-order valence-electron chi connectivity index (χ3n) is 4.97. The second kappa shape index (κ2) is 6.45. The van der Waals surface area contributed by atoms with E-state index in [-0.39, 0.29) is 0 Å². The Morgan fingerprint density at radius 3 is 2.70 bits per heavy atom. The third kappa shape index (κ3) is 2.92. The lowest BCUT2D eigenvalue weighted by molar-refractivity contribution is -0.151. The number of carbonyl (C=O) groups is 3. The standard InChI is InChI=1S/C17H17N5O5/c23-13(9-21-15(25)17(18-16(21)26)7-3-4-8-17)27-10-22-14(24)11-5-1-2-6-12(11)19-20-22/h1-2,5-6H,3-4,7-10H2,(H,18,26). The van der Waals surface area contributed by atoms with Crippen LogP contribution in [0.2, 0.25) is 0 Å². The monoisotopic (exact) mass is 371 g/mol. The molecule has 1 saturated carbocycles.